The maximum absolute atomic E-state index is 11.8. The molecule has 0 aromatic carbocycles. The first-order chi connectivity index (χ1) is 7.77. The minimum absolute atomic E-state index is 0.0846. The lowest BCUT2D eigenvalue weighted by molar-refractivity contribution is 0.0916. The summed E-state index contributed by atoms with van der Waals surface area (Å²) in [5.74, 6) is -0.122. The molecule has 1 saturated carbocycles. The molecular formula is C12H17N3O. The fourth-order valence-electron chi connectivity index (χ4n) is 2.08. The monoisotopic (exact) mass is 219 g/mol. The smallest absolute Gasteiger partial charge is 0.270 e. The van der Waals surface area contributed by atoms with Crippen LogP contribution in [0.1, 0.15) is 36.2 Å². The van der Waals surface area contributed by atoms with Crippen LogP contribution in [-0.4, -0.2) is 23.0 Å². The van der Waals surface area contributed by atoms with Gasteiger partial charge in [-0.2, -0.15) is 0 Å². The van der Waals surface area contributed by atoms with Gasteiger partial charge in [-0.3, -0.25) is 9.78 Å². The molecule has 1 heterocycles. The summed E-state index contributed by atoms with van der Waals surface area (Å²) >= 11 is 0. The van der Waals surface area contributed by atoms with Crippen molar-refractivity contribution >= 4 is 5.91 Å². The van der Waals surface area contributed by atoms with E-state index < -0.39 is 0 Å². The molecule has 3 N–H and O–H groups in total. The lowest BCUT2D eigenvalue weighted by atomic mass is 9.91. The van der Waals surface area contributed by atoms with Crippen LogP contribution in [0.15, 0.2) is 24.4 Å². The number of nitrogens with two attached hydrogens (primary N) is 1. The van der Waals surface area contributed by atoms with Gasteiger partial charge >= 0.3 is 0 Å². The van der Waals surface area contributed by atoms with Gasteiger partial charge in [-0.05, 0) is 25.0 Å². The van der Waals surface area contributed by atoms with Gasteiger partial charge in [0, 0.05) is 18.3 Å². The first kappa shape index (κ1) is 11.1. The zero-order valence-electron chi connectivity index (χ0n) is 9.23. The van der Waals surface area contributed by atoms with E-state index in [1.165, 1.54) is 0 Å². The summed E-state index contributed by atoms with van der Waals surface area (Å²) in [5.41, 5.74) is 6.43. The Morgan fingerprint density at radius 2 is 2.19 bits per heavy atom. The summed E-state index contributed by atoms with van der Waals surface area (Å²) < 4.78 is 0. The van der Waals surface area contributed by atoms with Gasteiger partial charge in [-0.1, -0.05) is 18.9 Å². The second kappa shape index (κ2) is 5.07. The summed E-state index contributed by atoms with van der Waals surface area (Å²) in [7, 11) is 0. The van der Waals surface area contributed by atoms with Gasteiger partial charge in [0.2, 0.25) is 0 Å². The summed E-state index contributed by atoms with van der Waals surface area (Å²) in [5, 5.41) is 2.96. The van der Waals surface area contributed by atoms with E-state index >= 15 is 0 Å². The number of carbonyl (C=O) groups is 1. The fourth-order valence-corrected chi connectivity index (χ4v) is 2.08. The molecular weight excluding hydrogens is 202 g/mol. The maximum atomic E-state index is 11.8. The number of aromatic nitrogens is 1. The molecule has 1 amide bonds. The average molecular weight is 219 g/mol. The van der Waals surface area contributed by atoms with Crippen LogP contribution in [0.3, 0.4) is 0 Å². The van der Waals surface area contributed by atoms with Crippen LogP contribution >= 0.6 is 0 Å². The molecule has 0 saturated heterocycles. The molecule has 4 heteroatoms. The lowest BCUT2D eigenvalue weighted by Gasteiger charge is -2.29. The molecule has 4 nitrogen and oxygen atoms in total. The molecule has 1 aliphatic rings. The fraction of sp³-hybridized carbons (Fsp3) is 0.500. The molecule has 1 aliphatic carbocycles. The number of carbonyl (C=O) groups excluding carboxylic acids is 1. The van der Waals surface area contributed by atoms with E-state index in [-0.39, 0.29) is 18.0 Å². The molecule has 0 bridgehead atoms. The summed E-state index contributed by atoms with van der Waals surface area (Å²) in [6.07, 6.45) is 5.89. The first-order valence-corrected chi connectivity index (χ1v) is 5.75. The molecule has 16 heavy (non-hydrogen) atoms. The predicted molar refractivity (Wildman–Crippen MR) is 61.9 cm³/mol. The van der Waals surface area contributed by atoms with Crippen LogP contribution in [0.2, 0.25) is 0 Å². The van der Waals surface area contributed by atoms with Crippen LogP contribution in [0.4, 0.5) is 0 Å². The van der Waals surface area contributed by atoms with E-state index in [0.717, 1.165) is 25.7 Å². The number of hydrogen-bond donors (Lipinski definition) is 2. The topological polar surface area (TPSA) is 68.0 Å². The second-order valence-corrected chi connectivity index (χ2v) is 4.24. The summed E-state index contributed by atoms with van der Waals surface area (Å²) in [6, 6.07) is 5.50. The highest BCUT2D eigenvalue weighted by molar-refractivity contribution is 5.92. The minimum Gasteiger partial charge on any atom is -0.346 e. The zero-order chi connectivity index (χ0) is 11.4. The van der Waals surface area contributed by atoms with Crippen molar-refractivity contribution in [3.63, 3.8) is 0 Å². The zero-order valence-corrected chi connectivity index (χ0v) is 9.23. The van der Waals surface area contributed by atoms with Crippen molar-refractivity contribution in [2.24, 2.45) is 5.73 Å². The van der Waals surface area contributed by atoms with E-state index in [1.807, 2.05) is 6.07 Å². The highest BCUT2D eigenvalue weighted by Gasteiger charge is 2.23. The van der Waals surface area contributed by atoms with Gasteiger partial charge in [0.05, 0.1) is 0 Å². The number of hydrogen-bond acceptors (Lipinski definition) is 3. The van der Waals surface area contributed by atoms with Gasteiger partial charge in [-0.15, -0.1) is 0 Å². The van der Waals surface area contributed by atoms with Gasteiger partial charge in [0.1, 0.15) is 5.69 Å². The molecule has 86 valence electrons. The minimum atomic E-state index is -0.122. The normalized spacial score (nSPS) is 25.1. The molecule has 1 aromatic heterocycles. The Bertz CT molecular complexity index is 353. The number of rotatable bonds is 2. The standard InChI is InChI=1S/C12H17N3O/c13-9-5-1-2-6-10(9)15-12(16)11-7-3-4-8-14-11/h3-4,7-10H,1-2,5-6,13H2,(H,15,16). The van der Waals surface area contributed by atoms with Crippen molar-refractivity contribution in [3.8, 4) is 0 Å². The number of pyridine rings is 1. The number of nitrogens with zero attached hydrogens (tertiary/aromatic N) is 1. The van der Waals surface area contributed by atoms with Crippen LogP contribution in [0.25, 0.3) is 0 Å². The Kier molecular flexibility index (Phi) is 3.51. The molecule has 0 aliphatic heterocycles. The highest BCUT2D eigenvalue weighted by atomic mass is 16.1. The molecule has 1 fully saturated rings. The first-order valence-electron chi connectivity index (χ1n) is 5.75. The maximum Gasteiger partial charge on any atom is 0.270 e. The Morgan fingerprint density at radius 1 is 1.38 bits per heavy atom. The van der Waals surface area contributed by atoms with Crippen LogP contribution in [0, 0.1) is 0 Å². The predicted octanol–water partition coefficient (Wildman–Crippen LogP) is 1.08. The molecule has 2 rings (SSSR count). The molecule has 0 radical (unpaired) electrons. The van der Waals surface area contributed by atoms with Crippen LogP contribution < -0.4 is 11.1 Å². The lowest BCUT2D eigenvalue weighted by Crippen LogP contribution is -2.49. The SMILES string of the molecule is NC1CCCCC1NC(=O)c1ccccn1. The molecule has 2 unspecified atom stereocenters. The van der Waals surface area contributed by atoms with Crippen molar-refractivity contribution < 1.29 is 4.79 Å². The van der Waals surface area contributed by atoms with Crippen molar-refractivity contribution in [2.45, 2.75) is 37.8 Å². The second-order valence-electron chi connectivity index (χ2n) is 4.24. The average Bonchev–Trinajstić information content (AvgIpc) is 2.33. The van der Waals surface area contributed by atoms with Crippen molar-refractivity contribution in [1.29, 1.82) is 0 Å². The Balaban J connectivity index is 1.96. The molecule has 2 atom stereocenters. The van der Waals surface area contributed by atoms with Crippen LogP contribution in [-0.2, 0) is 0 Å². The largest absolute Gasteiger partial charge is 0.346 e. The van der Waals surface area contributed by atoms with Gasteiger partial charge < -0.3 is 11.1 Å². The van der Waals surface area contributed by atoms with E-state index in [0.29, 0.717) is 5.69 Å². The van der Waals surface area contributed by atoms with E-state index in [2.05, 4.69) is 10.3 Å². The number of amides is 1. The summed E-state index contributed by atoms with van der Waals surface area (Å²) in [4.78, 5) is 15.8. The highest BCUT2D eigenvalue weighted by Crippen LogP contribution is 2.17. The van der Waals surface area contributed by atoms with Crippen molar-refractivity contribution in [1.82, 2.24) is 10.3 Å². The van der Waals surface area contributed by atoms with E-state index in [9.17, 15) is 4.79 Å². The molecule has 0 spiro atoms. The number of nitrogens with one attached hydrogen (secondary N) is 1. The van der Waals surface area contributed by atoms with Crippen molar-refractivity contribution in [3.05, 3.63) is 30.1 Å². The third kappa shape index (κ3) is 2.58. The Hall–Kier alpha value is -1.42. The summed E-state index contributed by atoms with van der Waals surface area (Å²) in [6.45, 7) is 0. The van der Waals surface area contributed by atoms with Gasteiger partial charge in [0.15, 0.2) is 0 Å². The third-order valence-corrected chi connectivity index (χ3v) is 3.03. The quantitative estimate of drug-likeness (QED) is 0.782. The van der Waals surface area contributed by atoms with Crippen molar-refractivity contribution in [2.75, 3.05) is 0 Å². The van der Waals surface area contributed by atoms with E-state index in [4.69, 9.17) is 5.73 Å². The van der Waals surface area contributed by atoms with Gasteiger partial charge in [-0.25, -0.2) is 0 Å². The van der Waals surface area contributed by atoms with Crippen LogP contribution in [0.5, 0.6) is 0 Å². The van der Waals surface area contributed by atoms with Gasteiger partial charge in [0.25, 0.3) is 5.91 Å². The Labute approximate surface area is 95.3 Å². The molecule has 1 aromatic rings. The van der Waals surface area contributed by atoms with E-state index in [1.54, 1.807) is 18.3 Å². The third-order valence-electron chi connectivity index (χ3n) is 3.03. The Morgan fingerprint density at radius 3 is 2.88 bits per heavy atom.